The maximum atomic E-state index is 11.7. The lowest BCUT2D eigenvalue weighted by Gasteiger charge is -2.07. The highest BCUT2D eigenvalue weighted by molar-refractivity contribution is 9.09. The van der Waals surface area contributed by atoms with Crippen LogP contribution >= 0.6 is 15.9 Å². The molecule has 0 radical (unpaired) electrons. The molecule has 0 spiro atoms. The lowest BCUT2D eigenvalue weighted by molar-refractivity contribution is 0.0503. The molecule has 1 atom stereocenters. The Kier molecular flexibility index (Phi) is 6.33. The quantitative estimate of drug-likeness (QED) is 0.360. The van der Waals surface area contributed by atoms with E-state index in [4.69, 9.17) is 4.74 Å². The van der Waals surface area contributed by atoms with Crippen molar-refractivity contribution in [2.24, 2.45) is 0 Å². The van der Waals surface area contributed by atoms with E-state index in [1.165, 1.54) is 0 Å². The summed E-state index contributed by atoms with van der Waals surface area (Å²) in [5.74, 6) is 2.89. The monoisotopic (exact) mass is 338 g/mol. The molecule has 0 aliphatic heterocycles. The van der Waals surface area contributed by atoms with Gasteiger partial charge in [-0.2, -0.15) is 0 Å². The van der Waals surface area contributed by atoms with Gasteiger partial charge in [-0.05, 0) is 12.1 Å². The van der Waals surface area contributed by atoms with Gasteiger partial charge in [0.2, 0.25) is 0 Å². The molecule has 1 aromatic rings. The smallest absolute Gasteiger partial charge is 0.338 e. The summed E-state index contributed by atoms with van der Waals surface area (Å²) in [6.45, 7) is 6.99. The minimum absolute atomic E-state index is 0.0859. The van der Waals surface area contributed by atoms with Crippen LogP contribution in [0.2, 0.25) is 19.6 Å². The van der Waals surface area contributed by atoms with Gasteiger partial charge >= 0.3 is 5.97 Å². The van der Waals surface area contributed by atoms with Crippen molar-refractivity contribution in [3.05, 3.63) is 35.9 Å². The summed E-state index contributed by atoms with van der Waals surface area (Å²) in [4.78, 5) is 11.8. The zero-order valence-corrected chi connectivity index (χ0v) is 14.2. The van der Waals surface area contributed by atoms with Crippen LogP contribution in [0.1, 0.15) is 16.8 Å². The third kappa shape index (κ3) is 7.19. The first-order chi connectivity index (χ1) is 8.88. The Morgan fingerprint density at radius 1 is 1.32 bits per heavy atom. The first-order valence-electron chi connectivity index (χ1n) is 6.27. The molecule has 0 bridgehead atoms. The van der Waals surface area contributed by atoms with Gasteiger partial charge in [0.1, 0.15) is 8.07 Å². The van der Waals surface area contributed by atoms with Crippen molar-refractivity contribution in [1.82, 2.24) is 0 Å². The van der Waals surface area contributed by atoms with E-state index >= 15 is 0 Å². The predicted octanol–water partition coefficient (Wildman–Crippen LogP) is 3.88. The van der Waals surface area contributed by atoms with Crippen LogP contribution in [0, 0.1) is 11.5 Å². The number of esters is 1. The van der Waals surface area contributed by atoms with Gasteiger partial charge in [-0.3, -0.25) is 0 Å². The van der Waals surface area contributed by atoms with Gasteiger partial charge in [0, 0.05) is 6.42 Å². The largest absolute Gasteiger partial charge is 0.462 e. The third-order valence-electron chi connectivity index (χ3n) is 2.22. The lowest BCUT2D eigenvalue weighted by atomic mass is 10.2. The minimum Gasteiger partial charge on any atom is -0.462 e. The van der Waals surface area contributed by atoms with E-state index in [-0.39, 0.29) is 10.8 Å². The van der Waals surface area contributed by atoms with Crippen LogP contribution in [0.5, 0.6) is 0 Å². The normalized spacial score (nSPS) is 12.2. The highest BCUT2D eigenvalue weighted by atomic mass is 79.9. The summed E-state index contributed by atoms with van der Waals surface area (Å²) in [5, 5.41) is 0. The maximum Gasteiger partial charge on any atom is 0.338 e. The number of halogens is 1. The SMILES string of the molecule is C[Si](C)(C)C#CC(Br)CCOC(=O)c1ccccc1. The Morgan fingerprint density at radius 2 is 1.95 bits per heavy atom. The van der Waals surface area contributed by atoms with Gasteiger partial charge in [-0.25, -0.2) is 4.79 Å². The Hall–Kier alpha value is -1.05. The van der Waals surface area contributed by atoms with Crippen molar-refractivity contribution in [2.75, 3.05) is 6.61 Å². The first kappa shape index (κ1) is 16.0. The van der Waals surface area contributed by atoms with Crippen LogP contribution in [0.15, 0.2) is 30.3 Å². The highest BCUT2D eigenvalue weighted by Gasteiger charge is 2.10. The lowest BCUT2D eigenvalue weighted by Crippen LogP contribution is -2.17. The molecule has 1 unspecified atom stereocenters. The first-order valence-corrected chi connectivity index (χ1v) is 10.7. The molecule has 0 amide bonds. The second-order valence-corrected chi connectivity index (χ2v) is 11.1. The maximum absolute atomic E-state index is 11.7. The molecule has 0 saturated carbocycles. The van der Waals surface area contributed by atoms with Crippen LogP contribution in [0.25, 0.3) is 0 Å². The molecule has 0 aromatic heterocycles. The van der Waals surface area contributed by atoms with Crippen LogP contribution in [0.3, 0.4) is 0 Å². The summed E-state index contributed by atoms with van der Waals surface area (Å²) in [7, 11) is -1.33. The molecule has 2 nitrogen and oxygen atoms in total. The highest BCUT2D eigenvalue weighted by Crippen LogP contribution is 2.07. The number of hydrogen-bond donors (Lipinski definition) is 0. The molecule has 0 N–H and O–H groups in total. The zero-order chi connectivity index (χ0) is 14.3. The molecule has 0 aliphatic carbocycles. The molecule has 4 heteroatoms. The van der Waals surface area contributed by atoms with Gasteiger partial charge in [0.25, 0.3) is 0 Å². The number of hydrogen-bond acceptors (Lipinski definition) is 2. The molecule has 19 heavy (non-hydrogen) atoms. The van der Waals surface area contributed by atoms with Gasteiger partial charge in [0.05, 0.1) is 17.0 Å². The Bertz CT molecular complexity index is 468. The van der Waals surface area contributed by atoms with E-state index < -0.39 is 8.07 Å². The molecule has 0 fully saturated rings. The molecular formula is C15H19BrO2Si. The van der Waals surface area contributed by atoms with Crippen molar-refractivity contribution in [1.29, 1.82) is 0 Å². The second-order valence-electron chi connectivity index (χ2n) is 5.28. The molecule has 0 saturated heterocycles. The second kappa shape index (κ2) is 7.52. The fourth-order valence-electron chi connectivity index (χ4n) is 1.28. The van der Waals surface area contributed by atoms with Crippen molar-refractivity contribution < 1.29 is 9.53 Å². The topological polar surface area (TPSA) is 26.3 Å². The molecule has 0 heterocycles. The molecule has 1 rings (SSSR count). The molecule has 1 aromatic carbocycles. The minimum atomic E-state index is -1.33. The average Bonchev–Trinajstić information content (AvgIpc) is 2.36. The van der Waals surface area contributed by atoms with Crippen molar-refractivity contribution in [3.63, 3.8) is 0 Å². The van der Waals surface area contributed by atoms with E-state index in [9.17, 15) is 4.79 Å². The zero-order valence-electron chi connectivity index (χ0n) is 11.6. The van der Waals surface area contributed by atoms with Crippen LogP contribution < -0.4 is 0 Å². The average molecular weight is 339 g/mol. The molecule has 0 aliphatic rings. The van der Waals surface area contributed by atoms with E-state index in [1.807, 2.05) is 18.2 Å². The fourth-order valence-corrected chi connectivity index (χ4v) is 2.40. The summed E-state index contributed by atoms with van der Waals surface area (Å²) < 4.78 is 5.21. The number of alkyl halides is 1. The molecule has 102 valence electrons. The Morgan fingerprint density at radius 3 is 2.53 bits per heavy atom. The van der Waals surface area contributed by atoms with Crippen LogP contribution in [-0.4, -0.2) is 25.5 Å². The van der Waals surface area contributed by atoms with Gasteiger partial charge < -0.3 is 4.74 Å². The van der Waals surface area contributed by atoms with Crippen molar-refractivity contribution in [2.45, 2.75) is 30.9 Å². The number of rotatable bonds is 4. The summed E-state index contributed by atoms with van der Waals surface area (Å²) in [5.41, 5.74) is 3.88. The standard InChI is InChI=1S/C15H19BrO2Si/c1-19(2,3)12-10-14(16)9-11-18-15(17)13-7-5-4-6-8-13/h4-8,14H,9,11H2,1-3H3. The molecular weight excluding hydrogens is 320 g/mol. The summed E-state index contributed by atoms with van der Waals surface area (Å²) in [6.07, 6.45) is 0.704. The Balaban J connectivity index is 2.34. The van der Waals surface area contributed by atoms with Crippen molar-refractivity contribution in [3.8, 4) is 11.5 Å². The van der Waals surface area contributed by atoms with Crippen LogP contribution in [0.4, 0.5) is 0 Å². The number of ether oxygens (including phenoxy) is 1. The van der Waals surface area contributed by atoms with E-state index in [2.05, 4.69) is 47.0 Å². The Labute approximate surface area is 124 Å². The summed E-state index contributed by atoms with van der Waals surface area (Å²) >= 11 is 3.49. The van der Waals surface area contributed by atoms with Crippen LogP contribution in [-0.2, 0) is 4.74 Å². The van der Waals surface area contributed by atoms with Gasteiger partial charge in [-0.15, -0.1) is 5.54 Å². The van der Waals surface area contributed by atoms with Crippen molar-refractivity contribution >= 4 is 30.0 Å². The summed E-state index contributed by atoms with van der Waals surface area (Å²) in [6, 6.07) is 9.02. The predicted molar refractivity (Wildman–Crippen MR) is 85.2 cm³/mol. The number of carbonyl (C=O) groups excluding carboxylic acids is 1. The fraction of sp³-hybridized carbons (Fsp3) is 0.400. The van der Waals surface area contributed by atoms with Gasteiger partial charge in [-0.1, -0.05) is 59.7 Å². The number of benzene rings is 1. The third-order valence-corrected chi connectivity index (χ3v) is 3.80. The van der Waals surface area contributed by atoms with E-state index in [0.717, 1.165) is 0 Å². The van der Waals surface area contributed by atoms with E-state index in [1.54, 1.807) is 12.1 Å². The van der Waals surface area contributed by atoms with Gasteiger partial charge in [0.15, 0.2) is 0 Å². The number of carbonyl (C=O) groups is 1. The van der Waals surface area contributed by atoms with E-state index in [0.29, 0.717) is 18.6 Å².